The van der Waals surface area contributed by atoms with Gasteiger partial charge >= 0.3 is 0 Å². The molecule has 0 spiro atoms. The summed E-state index contributed by atoms with van der Waals surface area (Å²) in [4.78, 5) is 15.2. The molecule has 0 atom stereocenters. The summed E-state index contributed by atoms with van der Waals surface area (Å²) in [5.74, 6) is -0.322. The van der Waals surface area contributed by atoms with Gasteiger partial charge < -0.3 is 15.0 Å². The van der Waals surface area contributed by atoms with Gasteiger partial charge in [0.25, 0.3) is 5.91 Å². The first-order chi connectivity index (χ1) is 14.4. The van der Waals surface area contributed by atoms with E-state index in [1.165, 1.54) is 28.6 Å². The van der Waals surface area contributed by atoms with Crippen LogP contribution in [0.15, 0.2) is 47.4 Å². The third-order valence-electron chi connectivity index (χ3n) is 5.38. The molecule has 7 nitrogen and oxygen atoms in total. The van der Waals surface area contributed by atoms with E-state index >= 15 is 0 Å². The van der Waals surface area contributed by atoms with Gasteiger partial charge in [-0.1, -0.05) is 11.6 Å². The molecule has 2 saturated heterocycles. The van der Waals surface area contributed by atoms with Crippen LogP contribution in [-0.4, -0.2) is 58.0 Å². The molecule has 2 fully saturated rings. The van der Waals surface area contributed by atoms with Crippen molar-refractivity contribution in [1.82, 2.24) is 4.31 Å². The lowest BCUT2D eigenvalue weighted by Gasteiger charge is -2.30. The van der Waals surface area contributed by atoms with E-state index in [2.05, 4.69) is 10.2 Å². The first kappa shape index (κ1) is 21.1. The van der Waals surface area contributed by atoms with Crippen LogP contribution >= 0.6 is 11.6 Å². The standard InChI is InChI=1S/C21H24ClN3O4S/c22-17-5-8-20(24-11-13-29-14-12-24)19(15-17)23-21(26)16-3-6-18(7-4-16)30(27,28)25-9-1-2-10-25/h3-8,15H,1-2,9-14H2,(H,23,26). The fourth-order valence-corrected chi connectivity index (χ4v) is 5.43. The molecule has 160 valence electrons. The minimum atomic E-state index is -3.50. The smallest absolute Gasteiger partial charge is 0.255 e. The molecule has 0 aliphatic carbocycles. The summed E-state index contributed by atoms with van der Waals surface area (Å²) < 4.78 is 32.2. The number of amides is 1. The van der Waals surface area contributed by atoms with Crippen LogP contribution < -0.4 is 10.2 Å². The van der Waals surface area contributed by atoms with Gasteiger partial charge in [-0.3, -0.25) is 4.79 Å². The molecule has 0 bridgehead atoms. The molecule has 1 amide bonds. The van der Waals surface area contributed by atoms with Crippen LogP contribution in [0.3, 0.4) is 0 Å². The van der Waals surface area contributed by atoms with Crippen molar-refractivity contribution in [3.05, 3.63) is 53.1 Å². The topological polar surface area (TPSA) is 79.0 Å². The average molecular weight is 450 g/mol. The second-order valence-electron chi connectivity index (χ2n) is 7.35. The van der Waals surface area contributed by atoms with E-state index in [1.807, 2.05) is 6.07 Å². The number of carbonyl (C=O) groups is 1. The zero-order valence-electron chi connectivity index (χ0n) is 16.5. The third kappa shape index (κ3) is 4.46. The number of nitrogens with zero attached hydrogens (tertiary/aromatic N) is 2. The van der Waals surface area contributed by atoms with E-state index in [0.717, 1.165) is 31.6 Å². The highest BCUT2D eigenvalue weighted by molar-refractivity contribution is 7.89. The second-order valence-corrected chi connectivity index (χ2v) is 9.72. The number of nitrogens with one attached hydrogen (secondary N) is 1. The number of hydrogen-bond acceptors (Lipinski definition) is 5. The van der Waals surface area contributed by atoms with Crippen molar-refractivity contribution in [2.45, 2.75) is 17.7 Å². The Balaban J connectivity index is 1.52. The molecular formula is C21H24ClN3O4S. The van der Waals surface area contributed by atoms with Gasteiger partial charge in [0.05, 0.1) is 29.5 Å². The highest BCUT2D eigenvalue weighted by atomic mass is 35.5. The highest BCUT2D eigenvalue weighted by Crippen LogP contribution is 2.30. The van der Waals surface area contributed by atoms with Crippen LogP contribution in [-0.2, 0) is 14.8 Å². The van der Waals surface area contributed by atoms with Crippen molar-refractivity contribution >= 4 is 38.9 Å². The molecule has 2 aromatic carbocycles. The molecule has 2 heterocycles. The molecule has 2 aromatic rings. The van der Waals surface area contributed by atoms with E-state index in [4.69, 9.17) is 16.3 Å². The molecule has 30 heavy (non-hydrogen) atoms. The summed E-state index contributed by atoms with van der Waals surface area (Å²) >= 11 is 6.15. The van der Waals surface area contributed by atoms with Gasteiger partial charge in [0.2, 0.25) is 10.0 Å². The van der Waals surface area contributed by atoms with Crippen molar-refractivity contribution in [2.24, 2.45) is 0 Å². The number of hydrogen-bond donors (Lipinski definition) is 1. The zero-order chi connectivity index (χ0) is 21.1. The predicted octanol–water partition coefficient (Wildman–Crippen LogP) is 3.21. The average Bonchev–Trinajstić information content (AvgIpc) is 3.30. The van der Waals surface area contributed by atoms with E-state index in [9.17, 15) is 13.2 Å². The monoisotopic (exact) mass is 449 g/mol. The van der Waals surface area contributed by atoms with Crippen LogP contribution in [0.4, 0.5) is 11.4 Å². The zero-order valence-corrected chi connectivity index (χ0v) is 18.1. The first-order valence-corrected chi connectivity index (χ1v) is 11.8. The molecule has 4 rings (SSSR count). The molecule has 0 aromatic heterocycles. The number of sulfonamides is 1. The number of halogens is 1. The molecule has 0 radical (unpaired) electrons. The number of ether oxygens (including phenoxy) is 1. The van der Waals surface area contributed by atoms with Gasteiger partial charge in [0.1, 0.15) is 0 Å². The van der Waals surface area contributed by atoms with Crippen molar-refractivity contribution < 1.29 is 17.9 Å². The lowest BCUT2D eigenvalue weighted by molar-refractivity contribution is 0.102. The quantitative estimate of drug-likeness (QED) is 0.758. The Morgan fingerprint density at radius 3 is 2.30 bits per heavy atom. The van der Waals surface area contributed by atoms with E-state index in [-0.39, 0.29) is 10.8 Å². The summed E-state index contributed by atoms with van der Waals surface area (Å²) in [6.07, 6.45) is 1.76. The second kappa shape index (κ2) is 8.93. The molecule has 9 heteroatoms. The Labute approximate surface area is 181 Å². The SMILES string of the molecule is O=C(Nc1cc(Cl)ccc1N1CCOCC1)c1ccc(S(=O)(=O)N2CCCC2)cc1. The maximum atomic E-state index is 12.8. The Kier molecular flexibility index (Phi) is 6.29. The molecule has 2 aliphatic heterocycles. The van der Waals surface area contributed by atoms with Crippen LogP contribution in [0.5, 0.6) is 0 Å². The highest BCUT2D eigenvalue weighted by Gasteiger charge is 2.27. The first-order valence-electron chi connectivity index (χ1n) is 9.99. The molecule has 0 unspecified atom stereocenters. The summed E-state index contributed by atoms with van der Waals surface area (Å²) in [5.41, 5.74) is 1.87. The van der Waals surface area contributed by atoms with Gasteiger partial charge in [0, 0.05) is 36.8 Å². The van der Waals surface area contributed by atoms with Gasteiger partial charge in [-0.15, -0.1) is 0 Å². The molecular weight excluding hydrogens is 426 g/mol. The predicted molar refractivity (Wildman–Crippen MR) is 117 cm³/mol. The summed E-state index contributed by atoms with van der Waals surface area (Å²) in [5, 5.41) is 3.44. The number of carbonyl (C=O) groups excluding carboxylic acids is 1. The lowest BCUT2D eigenvalue weighted by Crippen LogP contribution is -2.36. The van der Waals surface area contributed by atoms with E-state index in [1.54, 1.807) is 12.1 Å². The number of morpholine rings is 1. The largest absolute Gasteiger partial charge is 0.378 e. The van der Waals surface area contributed by atoms with Crippen molar-refractivity contribution in [1.29, 1.82) is 0 Å². The molecule has 2 aliphatic rings. The van der Waals surface area contributed by atoms with Gasteiger partial charge in [-0.2, -0.15) is 4.31 Å². The Hall–Kier alpha value is -2.13. The van der Waals surface area contributed by atoms with E-state index < -0.39 is 10.0 Å². The van der Waals surface area contributed by atoms with Crippen molar-refractivity contribution in [2.75, 3.05) is 49.6 Å². The minimum absolute atomic E-state index is 0.206. The van der Waals surface area contributed by atoms with Crippen LogP contribution in [0.2, 0.25) is 5.02 Å². The van der Waals surface area contributed by atoms with E-state index in [0.29, 0.717) is 42.6 Å². The van der Waals surface area contributed by atoms with Crippen molar-refractivity contribution in [3.8, 4) is 0 Å². The summed E-state index contributed by atoms with van der Waals surface area (Å²) in [6, 6.07) is 11.5. The van der Waals surface area contributed by atoms with Crippen LogP contribution in [0.25, 0.3) is 0 Å². The maximum absolute atomic E-state index is 12.8. The van der Waals surface area contributed by atoms with Gasteiger partial charge in [0.15, 0.2) is 0 Å². The summed E-state index contributed by atoms with van der Waals surface area (Å²) in [6.45, 7) is 3.81. The normalized spacial score (nSPS) is 17.8. The fraction of sp³-hybridized carbons (Fsp3) is 0.381. The minimum Gasteiger partial charge on any atom is -0.378 e. The lowest BCUT2D eigenvalue weighted by atomic mass is 10.2. The Bertz CT molecular complexity index is 1020. The van der Waals surface area contributed by atoms with Crippen LogP contribution in [0.1, 0.15) is 23.2 Å². The maximum Gasteiger partial charge on any atom is 0.255 e. The molecule has 1 N–H and O–H groups in total. The third-order valence-corrected chi connectivity index (χ3v) is 7.53. The number of rotatable bonds is 5. The Morgan fingerprint density at radius 1 is 0.967 bits per heavy atom. The number of anilines is 2. The van der Waals surface area contributed by atoms with Crippen molar-refractivity contribution in [3.63, 3.8) is 0 Å². The van der Waals surface area contributed by atoms with Gasteiger partial charge in [-0.25, -0.2) is 8.42 Å². The van der Waals surface area contributed by atoms with Gasteiger partial charge in [-0.05, 0) is 55.3 Å². The van der Waals surface area contributed by atoms with Crippen LogP contribution in [0, 0.1) is 0 Å². The number of benzene rings is 2. The molecule has 0 saturated carbocycles. The fourth-order valence-electron chi connectivity index (χ4n) is 3.74. The summed E-state index contributed by atoms with van der Waals surface area (Å²) in [7, 11) is -3.50. The Morgan fingerprint density at radius 2 is 1.63 bits per heavy atom.